The van der Waals surface area contributed by atoms with E-state index in [-0.39, 0.29) is 0 Å². The first-order valence-electron chi connectivity index (χ1n) is 3.34. The van der Waals surface area contributed by atoms with Crippen LogP contribution < -0.4 is 11.3 Å². The van der Waals surface area contributed by atoms with Gasteiger partial charge in [-0.3, -0.25) is 0 Å². The summed E-state index contributed by atoms with van der Waals surface area (Å²) in [6, 6.07) is 1.91. The lowest BCUT2D eigenvalue weighted by Crippen LogP contribution is -2.10. The molecular weight excluding hydrogens is 138 g/mol. The van der Waals surface area contributed by atoms with E-state index in [2.05, 4.69) is 17.0 Å². The third-order valence-electron chi connectivity index (χ3n) is 1.55. The molecule has 0 bridgehead atoms. The molecule has 0 fully saturated rings. The van der Waals surface area contributed by atoms with Crippen molar-refractivity contribution in [2.24, 2.45) is 5.84 Å². The lowest BCUT2D eigenvalue weighted by Gasteiger charge is -2.05. The Balaban J connectivity index is 3.24. The molecular formula is C8H11N3. The van der Waals surface area contributed by atoms with Gasteiger partial charge in [0.05, 0.1) is 0 Å². The van der Waals surface area contributed by atoms with Crippen molar-refractivity contribution >= 4 is 11.9 Å². The van der Waals surface area contributed by atoms with Crippen LogP contribution in [0.1, 0.15) is 11.1 Å². The molecule has 1 aromatic heterocycles. The van der Waals surface area contributed by atoms with E-state index in [9.17, 15) is 0 Å². The lowest BCUT2D eigenvalue weighted by atomic mass is 10.1. The second-order valence-electron chi connectivity index (χ2n) is 2.24. The number of hydrogen-bond donors (Lipinski definition) is 2. The van der Waals surface area contributed by atoms with Gasteiger partial charge in [0.15, 0.2) is 0 Å². The third kappa shape index (κ3) is 1.38. The summed E-state index contributed by atoms with van der Waals surface area (Å²) < 4.78 is 0. The molecule has 3 nitrogen and oxygen atoms in total. The Morgan fingerprint density at radius 1 is 1.73 bits per heavy atom. The van der Waals surface area contributed by atoms with Crippen LogP contribution in [-0.4, -0.2) is 4.98 Å². The zero-order valence-electron chi connectivity index (χ0n) is 6.46. The number of anilines is 1. The Morgan fingerprint density at radius 3 is 2.91 bits per heavy atom. The van der Waals surface area contributed by atoms with Crippen LogP contribution in [0.25, 0.3) is 6.08 Å². The van der Waals surface area contributed by atoms with Crippen molar-refractivity contribution in [1.82, 2.24) is 4.98 Å². The van der Waals surface area contributed by atoms with Crippen molar-refractivity contribution in [3.05, 3.63) is 30.0 Å². The minimum atomic E-state index is 0.667. The van der Waals surface area contributed by atoms with Gasteiger partial charge in [-0.25, -0.2) is 10.8 Å². The first kappa shape index (κ1) is 7.75. The molecule has 0 radical (unpaired) electrons. The van der Waals surface area contributed by atoms with Gasteiger partial charge in [-0.05, 0) is 18.6 Å². The highest BCUT2D eigenvalue weighted by Gasteiger charge is 1.99. The van der Waals surface area contributed by atoms with E-state index in [1.807, 2.05) is 13.0 Å². The van der Waals surface area contributed by atoms with Crippen LogP contribution in [0.15, 0.2) is 18.8 Å². The molecule has 0 unspecified atom stereocenters. The van der Waals surface area contributed by atoms with Gasteiger partial charge in [0, 0.05) is 11.8 Å². The highest BCUT2D eigenvalue weighted by molar-refractivity contribution is 5.64. The van der Waals surface area contributed by atoms with Gasteiger partial charge in [0.1, 0.15) is 5.82 Å². The maximum absolute atomic E-state index is 5.23. The quantitative estimate of drug-likeness (QED) is 0.492. The molecule has 0 spiro atoms. The number of rotatable bonds is 2. The molecule has 1 aromatic rings. The molecule has 11 heavy (non-hydrogen) atoms. The van der Waals surface area contributed by atoms with E-state index in [1.54, 1.807) is 12.3 Å². The molecule has 0 aliphatic rings. The van der Waals surface area contributed by atoms with Gasteiger partial charge in [0.25, 0.3) is 0 Å². The molecule has 0 saturated carbocycles. The monoisotopic (exact) mass is 149 g/mol. The molecule has 0 atom stereocenters. The largest absolute Gasteiger partial charge is 0.308 e. The number of nitrogens with one attached hydrogen (secondary N) is 1. The summed E-state index contributed by atoms with van der Waals surface area (Å²) in [5.41, 5.74) is 4.57. The summed E-state index contributed by atoms with van der Waals surface area (Å²) in [5.74, 6) is 5.90. The molecule has 0 aliphatic heterocycles. The number of nitrogens with zero attached hydrogens (tertiary/aromatic N) is 1. The second-order valence-corrected chi connectivity index (χ2v) is 2.24. The van der Waals surface area contributed by atoms with Gasteiger partial charge in [-0.15, -0.1) is 0 Å². The van der Waals surface area contributed by atoms with Crippen LogP contribution in [0.5, 0.6) is 0 Å². The molecule has 0 saturated heterocycles. The van der Waals surface area contributed by atoms with E-state index in [0.29, 0.717) is 5.82 Å². The van der Waals surface area contributed by atoms with Crippen LogP contribution >= 0.6 is 0 Å². The number of nitrogens with two attached hydrogens (primary N) is 1. The first-order chi connectivity index (χ1) is 5.29. The molecule has 0 aromatic carbocycles. The minimum absolute atomic E-state index is 0.667. The molecule has 0 aliphatic carbocycles. The van der Waals surface area contributed by atoms with Crippen molar-refractivity contribution in [1.29, 1.82) is 0 Å². The highest BCUT2D eigenvalue weighted by Crippen LogP contribution is 2.15. The number of nitrogen functional groups attached to an aromatic ring is 1. The maximum Gasteiger partial charge on any atom is 0.147 e. The van der Waals surface area contributed by atoms with Gasteiger partial charge in [0.2, 0.25) is 0 Å². The predicted molar refractivity (Wildman–Crippen MR) is 46.9 cm³/mol. The number of aromatic nitrogens is 1. The smallest absolute Gasteiger partial charge is 0.147 e. The molecule has 58 valence electrons. The second kappa shape index (κ2) is 3.16. The topological polar surface area (TPSA) is 50.9 Å². The lowest BCUT2D eigenvalue weighted by molar-refractivity contribution is 1.20. The Hall–Kier alpha value is -1.35. The summed E-state index contributed by atoms with van der Waals surface area (Å²) >= 11 is 0. The molecule has 3 N–H and O–H groups in total. The number of hydrazine groups is 1. The van der Waals surface area contributed by atoms with E-state index in [0.717, 1.165) is 11.1 Å². The van der Waals surface area contributed by atoms with Gasteiger partial charge >= 0.3 is 0 Å². The summed E-state index contributed by atoms with van der Waals surface area (Å²) in [6.07, 6.45) is 3.44. The summed E-state index contributed by atoms with van der Waals surface area (Å²) in [5, 5.41) is 0. The minimum Gasteiger partial charge on any atom is -0.308 e. The number of pyridine rings is 1. The standard InChI is InChI=1S/C8H11N3/c1-3-7-6(2)4-5-10-8(7)11-9/h3-5H,1,9H2,2H3,(H,10,11). The van der Waals surface area contributed by atoms with E-state index >= 15 is 0 Å². The Morgan fingerprint density at radius 2 is 2.45 bits per heavy atom. The van der Waals surface area contributed by atoms with Crippen molar-refractivity contribution < 1.29 is 0 Å². The Bertz CT molecular complexity index is 268. The maximum atomic E-state index is 5.23. The van der Waals surface area contributed by atoms with Crippen LogP contribution in [0.3, 0.4) is 0 Å². The fraction of sp³-hybridized carbons (Fsp3) is 0.125. The summed E-state index contributed by atoms with van der Waals surface area (Å²) in [7, 11) is 0. The van der Waals surface area contributed by atoms with E-state index < -0.39 is 0 Å². The average molecular weight is 149 g/mol. The van der Waals surface area contributed by atoms with Crippen molar-refractivity contribution in [2.75, 3.05) is 5.43 Å². The van der Waals surface area contributed by atoms with Crippen LogP contribution in [-0.2, 0) is 0 Å². The number of hydrogen-bond acceptors (Lipinski definition) is 3. The molecule has 3 heteroatoms. The predicted octanol–water partition coefficient (Wildman–Crippen LogP) is 1.32. The first-order valence-corrected chi connectivity index (χ1v) is 3.34. The van der Waals surface area contributed by atoms with Gasteiger partial charge in [-0.1, -0.05) is 12.7 Å². The van der Waals surface area contributed by atoms with Gasteiger partial charge < -0.3 is 5.43 Å². The molecule has 0 amide bonds. The normalized spacial score (nSPS) is 9.27. The van der Waals surface area contributed by atoms with E-state index in [1.165, 1.54) is 0 Å². The van der Waals surface area contributed by atoms with Crippen LogP contribution in [0.4, 0.5) is 5.82 Å². The SMILES string of the molecule is C=Cc1c(C)ccnc1NN. The van der Waals surface area contributed by atoms with Crippen molar-refractivity contribution in [3.63, 3.8) is 0 Å². The highest BCUT2D eigenvalue weighted by atomic mass is 15.2. The van der Waals surface area contributed by atoms with Crippen LogP contribution in [0.2, 0.25) is 0 Å². The van der Waals surface area contributed by atoms with E-state index in [4.69, 9.17) is 5.84 Å². The average Bonchev–Trinajstić information content (AvgIpc) is 2.04. The summed E-state index contributed by atoms with van der Waals surface area (Å²) in [6.45, 7) is 5.65. The molecule has 1 rings (SSSR count). The fourth-order valence-corrected chi connectivity index (χ4v) is 0.942. The zero-order chi connectivity index (χ0) is 8.27. The van der Waals surface area contributed by atoms with Crippen molar-refractivity contribution in [3.8, 4) is 0 Å². The fourth-order valence-electron chi connectivity index (χ4n) is 0.942. The Labute approximate surface area is 65.9 Å². The summed E-state index contributed by atoms with van der Waals surface area (Å²) in [4.78, 5) is 4.02. The number of aryl methyl sites for hydroxylation is 1. The third-order valence-corrected chi connectivity index (χ3v) is 1.55. The van der Waals surface area contributed by atoms with Crippen LogP contribution in [0, 0.1) is 6.92 Å². The molecule has 1 heterocycles. The Kier molecular flexibility index (Phi) is 2.23. The van der Waals surface area contributed by atoms with Crippen molar-refractivity contribution in [2.45, 2.75) is 6.92 Å². The van der Waals surface area contributed by atoms with Gasteiger partial charge in [-0.2, -0.15) is 0 Å². The zero-order valence-corrected chi connectivity index (χ0v) is 6.46.